The summed E-state index contributed by atoms with van der Waals surface area (Å²) in [5, 5.41) is 3.42. The molecule has 29 heavy (non-hydrogen) atoms. The molecule has 3 aromatic rings. The van der Waals surface area contributed by atoms with Crippen LogP contribution in [-0.2, 0) is 0 Å². The first kappa shape index (κ1) is 18.3. The number of nitrogens with one attached hydrogen (secondary N) is 1. The summed E-state index contributed by atoms with van der Waals surface area (Å²) in [6.07, 6.45) is 9.22. The number of aromatic nitrogens is 2. The van der Waals surface area contributed by atoms with Crippen LogP contribution in [0.3, 0.4) is 0 Å². The molecule has 0 aromatic carbocycles. The number of hydrogen-bond acceptors (Lipinski definition) is 5. The number of carbonyl (C=O) groups excluding carboxylic acids is 1. The summed E-state index contributed by atoms with van der Waals surface area (Å²) >= 11 is 1.35. The van der Waals surface area contributed by atoms with Gasteiger partial charge in [0.25, 0.3) is 6.34 Å². The van der Waals surface area contributed by atoms with E-state index in [1.807, 2.05) is 25.4 Å². The lowest BCUT2D eigenvalue weighted by molar-refractivity contribution is -0.289. The van der Waals surface area contributed by atoms with Crippen molar-refractivity contribution >= 4 is 41.1 Å². The average molecular weight is 410 g/mol. The minimum absolute atomic E-state index is 0.0718. The molecule has 0 aliphatic carbocycles. The summed E-state index contributed by atoms with van der Waals surface area (Å²) in [5.41, 5.74) is 2.40. The molecule has 2 aliphatic heterocycles. The third-order valence-electron chi connectivity index (χ3n) is 5.41. The van der Waals surface area contributed by atoms with Gasteiger partial charge in [-0.1, -0.05) is 0 Å². The highest BCUT2D eigenvalue weighted by molar-refractivity contribution is 7.18. The molecule has 2 atom stereocenters. The van der Waals surface area contributed by atoms with E-state index in [0.29, 0.717) is 33.7 Å². The van der Waals surface area contributed by atoms with E-state index in [4.69, 9.17) is 0 Å². The first-order chi connectivity index (χ1) is 14.0. The molecule has 0 radical (unpaired) electrons. The molecule has 148 valence electrons. The Morgan fingerprint density at radius 1 is 1.38 bits per heavy atom. The lowest BCUT2D eigenvalue weighted by Crippen LogP contribution is -2.38. The number of carbonyl (C=O) groups is 1. The number of amides is 1. The third-order valence-corrected chi connectivity index (χ3v) is 6.57. The molecule has 5 heterocycles. The fourth-order valence-corrected chi connectivity index (χ4v) is 5.05. The van der Waals surface area contributed by atoms with Gasteiger partial charge in [0.05, 0.1) is 11.9 Å². The van der Waals surface area contributed by atoms with Gasteiger partial charge in [-0.25, -0.2) is 14.2 Å². The van der Waals surface area contributed by atoms with Crippen LogP contribution in [-0.4, -0.2) is 45.0 Å². The fraction of sp³-hybridized carbons (Fsp3) is 0.333. The van der Waals surface area contributed by atoms with Crippen LogP contribution in [0.1, 0.15) is 35.1 Å². The van der Waals surface area contributed by atoms with Crippen LogP contribution in [0.15, 0.2) is 29.5 Å². The zero-order chi connectivity index (χ0) is 20.1. The molecule has 8 heteroatoms. The summed E-state index contributed by atoms with van der Waals surface area (Å²) in [6.45, 7) is 4.95. The molecular formula is C21H21FN5OS+. The molecule has 2 aliphatic rings. The molecule has 1 unspecified atom stereocenters. The van der Waals surface area contributed by atoms with Crippen LogP contribution in [0, 0.1) is 18.7 Å². The van der Waals surface area contributed by atoms with E-state index < -0.39 is 0 Å². The monoisotopic (exact) mass is 410 g/mol. The van der Waals surface area contributed by atoms with Crippen molar-refractivity contribution in [3.05, 3.63) is 40.9 Å². The standard InChI is InChI=1S/C21H21FN5OS/c1-12-5-14(3-4-23-12)9-27-11-24-17-7-18(29-19(17)21(27)28)15-6-16(22)20-25-13(2)8-26(20)10-15/h6-12,14,23H,3-5H2,1-2H3/q+1/t12-,14?/m0/s1. The van der Waals surface area contributed by atoms with E-state index in [1.54, 1.807) is 21.5 Å². The van der Waals surface area contributed by atoms with Crippen molar-refractivity contribution in [2.75, 3.05) is 6.54 Å². The molecule has 0 bridgehead atoms. The second kappa shape index (κ2) is 6.96. The Bertz CT molecular complexity index is 1190. The summed E-state index contributed by atoms with van der Waals surface area (Å²) in [5.74, 6) is -0.104. The smallest absolute Gasteiger partial charge is 0.314 e. The molecule has 0 saturated carbocycles. The number of pyridine rings is 1. The van der Waals surface area contributed by atoms with E-state index in [-0.39, 0.29) is 11.7 Å². The van der Waals surface area contributed by atoms with Crippen LogP contribution in [0.2, 0.25) is 0 Å². The summed E-state index contributed by atoms with van der Waals surface area (Å²) in [4.78, 5) is 23.1. The summed E-state index contributed by atoms with van der Waals surface area (Å²) < 4.78 is 17.8. The second-order valence-electron chi connectivity index (χ2n) is 7.76. The molecule has 1 fully saturated rings. The van der Waals surface area contributed by atoms with Gasteiger partial charge in [-0.3, -0.25) is 0 Å². The highest BCUT2D eigenvalue weighted by Gasteiger charge is 2.31. The number of halogens is 1. The molecule has 3 aromatic heterocycles. The van der Waals surface area contributed by atoms with E-state index in [2.05, 4.69) is 22.2 Å². The number of aliphatic imine (C=N–C) groups is 1. The van der Waals surface area contributed by atoms with Gasteiger partial charge < -0.3 is 9.72 Å². The Balaban J connectivity index is 1.48. The van der Waals surface area contributed by atoms with Crippen molar-refractivity contribution in [3.63, 3.8) is 0 Å². The van der Waals surface area contributed by atoms with Crippen LogP contribution in [0.4, 0.5) is 10.1 Å². The van der Waals surface area contributed by atoms with Gasteiger partial charge in [0.1, 0.15) is 0 Å². The highest BCUT2D eigenvalue weighted by Crippen LogP contribution is 2.38. The second-order valence-corrected chi connectivity index (χ2v) is 8.81. The first-order valence-electron chi connectivity index (χ1n) is 9.72. The minimum Gasteiger partial charge on any atom is -0.314 e. The maximum Gasteiger partial charge on any atom is 0.359 e. The Morgan fingerprint density at radius 3 is 3.07 bits per heavy atom. The summed E-state index contributed by atoms with van der Waals surface area (Å²) in [7, 11) is 0. The Hall–Kier alpha value is -2.71. The van der Waals surface area contributed by atoms with Crippen molar-refractivity contribution in [3.8, 4) is 10.4 Å². The predicted octanol–water partition coefficient (Wildman–Crippen LogP) is 3.80. The quantitative estimate of drug-likeness (QED) is 0.654. The Labute approximate surface area is 171 Å². The van der Waals surface area contributed by atoms with Crippen LogP contribution in [0.25, 0.3) is 16.1 Å². The minimum atomic E-state index is -0.383. The van der Waals surface area contributed by atoms with Crippen LogP contribution in [0.5, 0.6) is 0 Å². The van der Waals surface area contributed by atoms with Gasteiger partial charge in [0.15, 0.2) is 16.3 Å². The maximum absolute atomic E-state index is 14.5. The number of thiophene rings is 1. The van der Waals surface area contributed by atoms with Gasteiger partial charge in [0, 0.05) is 40.9 Å². The third kappa shape index (κ3) is 3.32. The van der Waals surface area contributed by atoms with Crippen LogP contribution < -0.4 is 5.32 Å². The van der Waals surface area contributed by atoms with Crippen molar-refractivity contribution in [2.45, 2.75) is 32.7 Å². The molecular weight excluding hydrogens is 389 g/mol. The lowest BCUT2D eigenvalue weighted by atomic mass is 9.94. The first-order valence-corrected chi connectivity index (χ1v) is 10.5. The van der Waals surface area contributed by atoms with Crippen LogP contribution >= 0.6 is 11.3 Å². The van der Waals surface area contributed by atoms with E-state index in [9.17, 15) is 9.18 Å². The number of hydrogen-bond donors (Lipinski definition) is 1. The predicted molar refractivity (Wildman–Crippen MR) is 112 cm³/mol. The topological polar surface area (TPSA) is 61.8 Å². The van der Waals surface area contributed by atoms with Gasteiger partial charge in [0.2, 0.25) is 5.69 Å². The lowest BCUT2D eigenvalue weighted by Gasteiger charge is -2.24. The molecule has 1 saturated heterocycles. The fourth-order valence-electron chi connectivity index (χ4n) is 4.02. The zero-order valence-corrected chi connectivity index (χ0v) is 17.0. The Kier molecular flexibility index (Phi) is 4.40. The van der Waals surface area contributed by atoms with E-state index >= 15 is 0 Å². The van der Waals surface area contributed by atoms with Crippen molar-refractivity contribution in [1.82, 2.24) is 14.7 Å². The molecule has 5 rings (SSSR count). The van der Waals surface area contributed by atoms with Crippen molar-refractivity contribution in [1.29, 1.82) is 0 Å². The normalized spacial score (nSPS) is 23.1. The van der Waals surface area contributed by atoms with Gasteiger partial charge >= 0.3 is 5.91 Å². The van der Waals surface area contributed by atoms with E-state index in [0.717, 1.165) is 30.0 Å². The van der Waals surface area contributed by atoms with E-state index in [1.165, 1.54) is 17.4 Å². The molecule has 1 N–H and O–H groups in total. The zero-order valence-electron chi connectivity index (χ0n) is 16.2. The van der Waals surface area contributed by atoms with Crippen molar-refractivity contribution < 1.29 is 13.8 Å². The number of rotatable bonds is 2. The molecule has 6 nitrogen and oxygen atoms in total. The van der Waals surface area contributed by atoms with Crippen molar-refractivity contribution in [2.24, 2.45) is 10.9 Å². The average Bonchev–Trinajstić information content (AvgIpc) is 3.28. The number of aryl methyl sites for hydroxylation is 1. The highest BCUT2D eigenvalue weighted by atomic mass is 32.1. The molecule has 1 amide bonds. The summed E-state index contributed by atoms with van der Waals surface area (Å²) in [6, 6.07) is 3.76. The van der Waals surface area contributed by atoms with Gasteiger partial charge in [-0.15, -0.1) is 11.3 Å². The number of piperidine rings is 1. The number of fused-ring (bicyclic) bond motifs is 2. The number of nitrogens with zero attached hydrogens (tertiary/aromatic N) is 4. The Morgan fingerprint density at radius 2 is 2.24 bits per heavy atom. The van der Waals surface area contributed by atoms with Gasteiger partial charge in [-0.2, -0.15) is 4.58 Å². The number of imidazole rings is 1. The largest absolute Gasteiger partial charge is 0.359 e. The molecule has 0 spiro atoms. The van der Waals surface area contributed by atoms with Gasteiger partial charge in [-0.05, 0) is 44.3 Å². The SMILES string of the molecule is Cc1cn2cc(-c3cc4c(s3)C(=O)[N+](=CC3CCN[C@@H](C)C3)C=N4)cc(F)c2n1. The maximum atomic E-state index is 14.5.